The highest BCUT2D eigenvalue weighted by Crippen LogP contribution is 2.19. The van der Waals surface area contributed by atoms with Gasteiger partial charge in [0.1, 0.15) is 11.3 Å². The molecule has 0 amide bonds. The summed E-state index contributed by atoms with van der Waals surface area (Å²) in [6, 6.07) is 10.3. The number of pyridine rings is 1. The van der Waals surface area contributed by atoms with Crippen molar-refractivity contribution in [3.8, 4) is 17.0 Å². The van der Waals surface area contributed by atoms with Crippen LogP contribution in [0.1, 0.15) is 10.4 Å². The molecule has 1 aromatic heterocycles. The smallest absolute Gasteiger partial charge is 0.343 e. The van der Waals surface area contributed by atoms with Gasteiger partial charge in [-0.05, 0) is 42.0 Å². The maximum atomic E-state index is 11.8. The van der Waals surface area contributed by atoms with Gasteiger partial charge in [-0.3, -0.25) is 4.79 Å². The Balaban J connectivity index is 2.38. The van der Waals surface area contributed by atoms with Gasteiger partial charge in [-0.25, -0.2) is 4.79 Å². The Labute approximate surface area is 109 Å². The number of carbonyl (C=O) groups is 1. The van der Waals surface area contributed by atoms with Crippen molar-refractivity contribution in [3.63, 3.8) is 0 Å². The van der Waals surface area contributed by atoms with E-state index in [1.807, 2.05) is 12.1 Å². The Morgan fingerprint density at radius 1 is 1.05 bits per heavy atom. The van der Waals surface area contributed by atoms with E-state index in [0.29, 0.717) is 5.69 Å². The van der Waals surface area contributed by atoms with E-state index in [2.05, 4.69) is 9.72 Å². The number of ether oxygens (including phenoxy) is 2. The number of esters is 1. The van der Waals surface area contributed by atoms with Crippen LogP contribution in [0, 0.1) is 0 Å². The molecule has 1 aromatic carbocycles. The molecule has 0 fully saturated rings. The van der Waals surface area contributed by atoms with Gasteiger partial charge in [0.25, 0.3) is 5.56 Å². The standard InChI is InChI=1S/C14H13NO4/c1-18-10-5-3-9(4-6-10)12-8-7-11(13(16)15-12)14(17)19-2/h3-8H,1-2H3,(H,15,16). The van der Waals surface area contributed by atoms with E-state index in [1.54, 1.807) is 25.3 Å². The minimum atomic E-state index is -0.650. The molecule has 1 heterocycles. The van der Waals surface area contributed by atoms with Crippen molar-refractivity contribution in [1.82, 2.24) is 4.98 Å². The fourth-order valence-electron chi connectivity index (χ4n) is 1.68. The molecule has 0 saturated heterocycles. The van der Waals surface area contributed by atoms with E-state index in [9.17, 15) is 9.59 Å². The van der Waals surface area contributed by atoms with Crippen LogP contribution in [0.3, 0.4) is 0 Å². The number of aromatic nitrogens is 1. The van der Waals surface area contributed by atoms with Crippen molar-refractivity contribution in [2.24, 2.45) is 0 Å². The normalized spacial score (nSPS) is 10.0. The monoisotopic (exact) mass is 259 g/mol. The Morgan fingerprint density at radius 3 is 2.26 bits per heavy atom. The molecule has 19 heavy (non-hydrogen) atoms. The first kappa shape index (κ1) is 12.9. The molecule has 1 N–H and O–H groups in total. The maximum Gasteiger partial charge on any atom is 0.343 e. The van der Waals surface area contributed by atoms with Gasteiger partial charge in [-0.15, -0.1) is 0 Å². The van der Waals surface area contributed by atoms with Crippen LogP contribution in [0.4, 0.5) is 0 Å². The molecular formula is C14H13NO4. The number of hydrogen-bond acceptors (Lipinski definition) is 4. The first-order valence-corrected chi connectivity index (χ1v) is 5.62. The second kappa shape index (κ2) is 5.39. The average Bonchev–Trinajstić information content (AvgIpc) is 2.46. The summed E-state index contributed by atoms with van der Waals surface area (Å²) in [7, 11) is 2.82. The van der Waals surface area contributed by atoms with Gasteiger partial charge < -0.3 is 14.5 Å². The third-order valence-corrected chi connectivity index (χ3v) is 2.72. The van der Waals surface area contributed by atoms with Gasteiger partial charge in [0.15, 0.2) is 0 Å². The van der Waals surface area contributed by atoms with Crippen molar-refractivity contribution >= 4 is 5.97 Å². The predicted octanol–water partition coefficient (Wildman–Crippen LogP) is 1.84. The highest BCUT2D eigenvalue weighted by atomic mass is 16.5. The summed E-state index contributed by atoms with van der Waals surface area (Å²) in [5.41, 5.74) is 0.967. The topological polar surface area (TPSA) is 68.4 Å². The van der Waals surface area contributed by atoms with Crippen molar-refractivity contribution in [2.45, 2.75) is 0 Å². The zero-order chi connectivity index (χ0) is 13.8. The maximum absolute atomic E-state index is 11.8. The van der Waals surface area contributed by atoms with Crippen molar-refractivity contribution < 1.29 is 14.3 Å². The summed E-state index contributed by atoms with van der Waals surface area (Å²) in [6.07, 6.45) is 0. The lowest BCUT2D eigenvalue weighted by Gasteiger charge is -2.04. The Kier molecular flexibility index (Phi) is 3.66. The first-order chi connectivity index (χ1) is 9.15. The lowest BCUT2D eigenvalue weighted by atomic mass is 10.1. The Morgan fingerprint density at radius 2 is 1.74 bits per heavy atom. The quantitative estimate of drug-likeness (QED) is 0.854. The highest BCUT2D eigenvalue weighted by molar-refractivity contribution is 5.89. The summed E-state index contributed by atoms with van der Waals surface area (Å²) in [6.45, 7) is 0. The van der Waals surface area contributed by atoms with Gasteiger partial charge in [-0.1, -0.05) is 0 Å². The number of hydrogen-bond donors (Lipinski definition) is 1. The van der Waals surface area contributed by atoms with Crippen molar-refractivity contribution in [1.29, 1.82) is 0 Å². The number of methoxy groups -OCH3 is 2. The molecule has 2 aromatic rings. The molecule has 0 bridgehead atoms. The Hall–Kier alpha value is -2.56. The van der Waals surface area contributed by atoms with Crippen LogP contribution in [-0.4, -0.2) is 25.2 Å². The molecule has 0 saturated carbocycles. The number of aromatic amines is 1. The van der Waals surface area contributed by atoms with Crippen LogP contribution in [0.25, 0.3) is 11.3 Å². The molecule has 0 atom stereocenters. The van der Waals surface area contributed by atoms with Crippen LogP contribution >= 0.6 is 0 Å². The van der Waals surface area contributed by atoms with Crippen LogP contribution in [0.5, 0.6) is 5.75 Å². The third kappa shape index (κ3) is 2.65. The molecule has 5 nitrogen and oxygen atoms in total. The summed E-state index contributed by atoms with van der Waals surface area (Å²) in [5.74, 6) is 0.0832. The second-order valence-corrected chi connectivity index (χ2v) is 3.83. The van der Waals surface area contributed by atoms with E-state index in [1.165, 1.54) is 13.2 Å². The summed E-state index contributed by atoms with van der Waals surface area (Å²) >= 11 is 0. The highest BCUT2D eigenvalue weighted by Gasteiger charge is 2.11. The molecule has 0 radical (unpaired) electrons. The molecule has 0 unspecified atom stereocenters. The van der Waals surface area contributed by atoms with E-state index in [4.69, 9.17) is 4.74 Å². The largest absolute Gasteiger partial charge is 0.497 e. The summed E-state index contributed by atoms with van der Waals surface area (Å²) in [5, 5.41) is 0. The molecule has 98 valence electrons. The fraction of sp³-hybridized carbons (Fsp3) is 0.143. The third-order valence-electron chi connectivity index (χ3n) is 2.72. The summed E-state index contributed by atoms with van der Waals surface area (Å²) < 4.78 is 9.58. The number of benzene rings is 1. The molecule has 0 aliphatic carbocycles. The summed E-state index contributed by atoms with van der Waals surface area (Å²) in [4.78, 5) is 25.7. The number of nitrogens with one attached hydrogen (secondary N) is 1. The zero-order valence-electron chi connectivity index (χ0n) is 10.6. The van der Waals surface area contributed by atoms with Crippen LogP contribution in [-0.2, 0) is 4.74 Å². The molecule has 5 heteroatoms. The van der Waals surface area contributed by atoms with E-state index in [-0.39, 0.29) is 5.56 Å². The van der Waals surface area contributed by atoms with Crippen LogP contribution in [0.15, 0.2) is 41.2 Å². The van der Waals surface area contributed by atoms with Gasteiger partial charge in [0.2, 0.25) is 0 Å². The van der Waals surface area contributed by atoms with Crippen LogP contribution < -0.4 is 10.3 Å². The van der Waals surface area contributed by atoms with E-state index >= 15 is 0 Å². The number of rotatable bonds is 3. The molecule has 0 aliphatic rings. The first-order valence-electron chi connectivity index (χ1n) is 5.62. The average molecular weight is 259 g/mol. The predicted molar refractivity (Wildman–Crippen MR) is 70.4 cm³/mol. The number of H-pyrrole nitrogens is 1. The fourth-order valence-corrected chi connectivity index (χ4v) is 1.68. The molecule has 0 spiro atoms. The Bertz CT molecular complexity index is 643. The van der Waals surface area contributed by atoms with Gasteiger partial charge in [0, 0.05) is 5.69 Å². The lowest BCUT2D eigenvalue weighted by molar-refractivity contribution is 0.0598. The number of carbonyl (C=O) groups excluding carboxylic acids is 1. The van der Waals surface area contributed by atoms with Crippen molar-refractivity contribution in [3.05, 3.63) is 52.3 Å². The van der Waals surface area contributed by atoms with Gasteiger partial charge >= 0.3 is 5.97 Å². The van der Waals surface area contributed by atoms with E-state index in [0.717, 1.165) is 11.3 Å². The second-order valence-electron chi connectivity index (χ2n) is 3.83. The minimum Gasteiger partial charge on any atom is -0.497 e. The SMILES string of the molecule is COC(=O)c1ccc(-c2ccc(OC)cc2)[nH]c1=O. The van der Waals surface area contributed by atoms with Gasteiger partial charge in [0.05, 0.1) is 14.2 Å². The van der Waals surface area contributed by atoms with E-state index < -0.39 is 11.5 Å². The molecular weight excluding hydrogens is 246 g/mol. The van der Waals surface area contributed by atoms with Crippen molar-refractivity contribution in [2.75, 3.05) is 14.2 Å². The lowest BCUT2D eigenvalue weighted by Crippen LogP contribution is -2.18. The molecule has 0 aliphatic heterocycles. The minimum absolute atomic E-state index is 0.0141. The molecule has 2 rings (SSSR count). The van der Waals surface area contributed by atoms with Gasteiger partial charge in [-0.2, -0.15) is 0 Å². The van der Waals surface area contributed by atoms with Crippen LogP contribution in [0.2, 0.25) is 0 Å². The zero-order valence-corrected chi connectivity index (χ0v) is 10.6.